The number of halogens is 1. The van der Waals surface area contributed by atoms with Crippen LogP contribution in [0.15, 0.2) is 24.3 Å². The molecule has 1 aromatic carbocycles. The third kappa shape index (κ3) is 5.74. The summed E-state index contributed by atoms with van der Waals surface area (Å²) in [5, 5.41) is 8.67. The minimum atomic E-state index is -1.11. The molecule has 1 rings (SSSR count). The largest absolute Gasteiger partial charge is 0.478 e. The van der Waals surface area contributed by atoms with Crippen molar-refractivity contribution in [3.05, 3.63) is 41.2 Å². The van der Waals surface area contributed by atoms with Gasteiger partial charge in [-0.05, 0) is 43.2 Å². The zero-order chi connectivity index (χ0) is 16.0. The van der Waals surface area contributed by atoms with Gasteiger partial charge in [-0.1, -0.05) is 6.07 Å². The standard InChI is InChI=1S/C15H19FN2O3/c1-10(2)18(9-14(17)19)8-12-3-5-13(16)7-11(12)4-6-15(20)21/h3-7,10H,8-9H2,1-2H3,(H2,17,19)(H,20,21). The summed E-state index contributed by atoms with van der Waals surface area (Å²) in [5.74, 6) is -2.01. The Labute approximate surface area is 122 Å². The molecule has 1 amide bonds. The van der Waals surface area contributed by atoms with Gasteiger partial charge in [-0.15, -0.1) is 0 Å². The summed E-state index contributed by atoms with van der Waals surface area (Å²) in [6.45, 7) is 4.29. The van der Waals surface area contributed by atoms with E-state index in [1.54, 1.807) is 6.07 Å². The van der Waals surface area contributed by atoms with E-state index in [-0.39, 0.29) is 12.6 Å². The fraction of sp³-hybridized carbons (Fsp3) is 0.333. The molecule has 5 nitrogen and oxygen atoms in total. The number of rotatable bonds is 7. The Bertz CT molecular complexity index is 556. The summed E-state index contributed by atoms with van der Waals surface area (Å²) in [5.41, 5.74) is 6.40. The van der Waals surface area contributed by atoms with Gasteiger partial charge in [0.05, 0.1) is 6.54 Å². The minimum Gasteiger partial charge on any atom is -0.478 e. The van der Waals surface area contributed by atoms with Gasteiger partial charge in [0.15, 0.2) is 0 Å². The van der Waals surface area contributed by atoms with Crippen LogP contribution in [0.2, 0.25) is 0 Å². The first-order chi connectivity index (χ1) is 9.79. The third-order valence-corrected chi connectivity index (χ3v) is 2.98. The first-order valence-electron chi connectivity index (χ1n) is 6.51. The summed E-state index contributed by atoms with van der Waals surface area (Å²) < 4.78 is 13.3. The first kappa shape index (κ1) is 16.8. The Balaban J connectivity index is 3.05. The van der Waals surface area contributed by atoms with E-state index >= 15 is 0 Å². The van der Waals surface area contributed by atoms with E-state index in [0.717, 1.165) is 11.6 Å². The summed E-state index contributed by atoms with van der Waals surface area (Å²) in [6, 6.07) is 4.21. The fourth-order valence-corrected chi connectivity index (χ4v) is 1.87. The first-order valence-corrected chi connectivity index (χ1v) is 6.51. The molecule has 0 unspecified atom stereocenters. The second-order valence-electron chi connectivity index (χ2n) is 4.98. The summed E-state index contributed by atoms with van der Waals surface area (Å²) >= 11 is 0. The smallest absolute Gasteiger partial charge is 0.328 e. The quantitative estimate of drug-likeness (QED) is 0.748. The van der Waals surface area contributed by atoms with Gasteiger partial charge in [-0.3, -0.25) is 9.69 Å². The molecule has 0 aliphatic carbocycles. The highest BCUT2D eigenvalue weighted by Gasteiger charge is 2.14. The molecule has 3 N–H and O–H groups in total. The Morgan fingerprint density at radius 3 is 2.62 bits per heavy atom. The van der Waals surface area contributed by atoms with E-state index in [4.69, 9.17) is 10.8 Å². The normalized spacial score (nSPS) is 11.5. The molecule has 0 heterocycles. The maximum absolute atomic E-state index is 13.3. The van der Waals surface area contributed by atoms with Crippen LogP contribution in [0.25, 0.3) is 6.08 Å². The van der Waals surface area contributed by atoms with Gasteiger partial charge >= 0.3 is 5.97 Å². The zero-order valence-electron chi connectivity index (χ0n) is 12.0. The SMILES string of the molecule is CC(C)N(CC(N)=O)Cc1ccc(F)cc1C=CC(=O)O. The van der Waals surface area contributed by atoms with E-state index in [2.05, 4.69) is 0 Å². The number of carboxylic acid groups (broad SMARTS) is 1. The van der Waals surface area contributed by atoms with Gasteiger partial charge in [0, 0.05) is 18.7 Å². The van der Waals surface area contributed by atoms with Gasteiger partial charge in [0.1, 0.15) is 5.82 Å². The predicted octanol–water partition coefficient (Wildman–Crippen LogP) is 1.62. The Kier molecular flexibility index (Phi) is 6.05. The fourth-order valence-electron chi connectivity index (χ4n) is 1.87. The molecule has 0 bridgehead atoms. The lowest BCUT2D eigenvalue weighted by atomic mass is 10.1. The van der Waals surface area contributed by atoms with Crippen LogP contribution >= 0.6 is 0 Å². The summed E-state index contributed by atoms with van der Waals surface area (Å²) in [4.78, 5) is 23.5. The number of carbonyl (C=O) groups is 2. The van der Waals surface area contributed by atoms with Crippen molar-refractivity contribution in [1.82, 2.24) is 4.90 Å². The third-order valence-electron chi connectivity index (χ3n) is 2.98. The number of benzene rings is 1. The van der Waals surface area contributed by atoms with Gasteiger partial charge in [-0.25, -0.2) is 9.18 Å². The molecule has 0 aromatic heterocycles. The van der Waals surface area contributed by atoms with E-state index in [1.807, 2.05) is 18.7 Å². The van der Waals surface area contributed by atoms with Crippen molar-refractivity contribution in [2.45, 2.75) is 26.4 Å². The number of carbonyl (C=O) groups excluding carboxylic acids is 1. The van der Waals surface area contributed by atoms with Crippen LogP contribution in [0.4, 0.5) is 4.39 Å². The molecule has 0 spiro atoms. The number of hydrogen-bond donors (Lipinski definition) is 2. The van der Waals surface area contributed by atoms with Crippen LogP contribution in [-0.2, 0) is 16.1 Å². The molecule has 0 saturated heterocycles. The van der Waals surface area contributed by atoms with Crippen molar-refractivity contribution in [2.24, 2.45) is 5.73 Å². The van der Waals surface area contributed by atoms with E-state index in [9.17, 15) is 14.0 Å². The summed E-state index contributed by atoms with van der Waals surface area (Å²) in [6.07, 6.45) is 2.29. The van der Waals surface area contributed by atoms with Gasteiger partial charge in [0.2, 0.25) is 5.91 Å². The van der Waals surface area contributed by atoms with E-state index in [0.29, 0.717) is 12.1 Å². The van der Waals surface area contributed by atoms with Crippen molar-refractivity contribution in [3.8, 4) is 0 Å². The highest BCUT2D eigenvalue weighted by molar-refractivity contribution is 5.85. The second-order valence-corrected chi connectivity index (χ2v) is 4.98. The molecule has 0 fully saturated rings. The van der Waals surface area contributed by atoms with Crippen LogP contribution in [0, 0.1) is 5.82 Å². The highest BCUT2D eigenvalue weighted by Crippen LogP contribution is 2.17. The van der Waals surface area contributed by atoms with Crippen LogP contribution in [-0.4, -0.2) is 34.5 Å². The number of primary amides is 1. The molecule has 0 aliphatic heterocycles. The molecular weight excluding hydrogens is 275 g/mol. The van der Waals surface area contributed by atoms with Crippen LogP contribution in [0.1, 0.15) is 25.0 Å². The van der Waals surface area contributed by atoms with Crippen molar-refractivity contribution < 1.29 is 19.1 Å². The lowest BCUT2D eigenvalue weighted by molar-refractivity contribution is -0.131. The predicted molar refractivity (Wildman–Crippen MR) is 77.8 cm³/mol. The second kappa shape index (κ2) is 7.54. The maximum Gasteiger partial charge on any atom is 0.328 e. The lowest BCUT2D eigenvalue weighted by Gasteiger charge is -2.25. The molecule has 0 atom stereocenters. The summed E-state index contributed by atoms with van der Waals surface area (Å²) in [7, 11) is 0. The average Bonchev–Trinajstić information content (AvgIpc) is 2.37. The lowest BCUT2D eigenvalue weighted by Crippen LogP contribution is -2.38. The maximum atomic E-state index is 13.3. The Morgan fingerprint density at radius 1 is 1.43 bits per heavy atom. The van der Waals surface area contributed by atoms with Crippen molar-refractivity contribution >= 4 is 18.0 Å². The number of carboxylic acids is 1. The number of nitrogens with two attached hydrogens (primary N) is 1. The van der Waals surface area contributed by atoms with Crippen LogP contribution in [0.3, 0.4) is 0 Å². The van der Waals surface area contributed by atoms with Crippen LogP contribution < -0.4 is 5.73 Å². The van der Waals surface area contributed by atoms with E-state index in [1.165, 1.54) is 18.2 Å². The Hall–Kier alpha value is -2.21. The van der Waals surface area contributed by atoms with Gasteiger partial charge in [0.25, 0.3) is 0 Å². The van der Waals surface area contributed by atoms with Gasteiger partial charge in [-0.2, -0.15) is 0 Å². The molecule has 0 saturated carbocycles. The van der Waals surface area contributed by atoms with E-state index < -0.39 is 17.7 Å². The average molecular weight is 294 g/mol. The van der Waals surface area contributed by atoms with Gasteiger partial charge < -0.3 is 10.8 Å². The van der Waals surface area contributed by atoms with Crippen LogP contribution in [0.5, 0.6) is 0 Å². The Morgan fingerprint density at radius 2 is 2.10 bits per heavy atom. The van der Waals surface area contributed by atoms with Crippen molar-refractivity contribution in [2.75, 3.05) is 6.54 Å². The number of aliphatic carboxylic acids is 1. The molecular formula is C15H19FN2O3. The zero-order valence-corrected chi connectivity index (χ0v) is 12.0. The molecule has 0 aliphatic rings. The number of hydrogen-bond acceptors (Lipinski definition) is 3. The molecule has 0 radical (unpaired) electrons. The molecule has 6 heteroatoms. The molecule has 1 aromatic rings. The van der Waals surface area contributed by atoms with Crippen molar-refractivity contribution in [1.29, 1.82) is 0 Å². The molecule has 114 valence electrons. The number of amides is 1. The topological polar surface area (TPSA) is 83.6 Å². The highest BCUT2D eigenvalue weighted by atomic mass is 19.1. The monoisotopic (exact) mass is 294 g/mol. The molecule has 21 heavy (non-hydrogen) atoms. The minimum absolute atomic E-state index is 0.0684. The van der Waals surface area contributed by atoms with Crippen molar-refractivity contribution in [3.63, 3.8) is 0 Å². The number of nitrogens with zero attached hydrogens (tertiary/aromatic N) is 1.